The van der Waals surface area contributed by atoms with Gasteiger partial charge in [-0.05, 0) is 37.0 Å². The number of aliphatic hydroxyl groups is 1. The molecule has 0 radical (unpaired) electrons. The van der Waals surface area contributed by atoms with Crippen LogP contribution < -0.4 is 5.32 Å². The first kappa shape index (κ1) is 18.0. The van der Waals surface area contributed by atoms with Gasteiger partial charge in [0.2, 0.25) is 0 Å². The molecule has 2 unspecified atom stereocenters. The molecule has 0 bridgehead atoms. The molecule has 1 fully saturated rings. The molecule has 0 heterocycles. The van der Waals surface area contributed by atoms with E-state index in [1.54, 1.807) is 24.3 Å². The summed E-state index contributed by atoms with van der Waals surface area (Å²) in [5.41, 5.74) is 0.760. The Morgan fingerprint density at radius 3 is 2.52 bits per heavy atom. The first-order valence-corrected chi connectivity index (χ1v) is 8.78. The predicted molar refractivity (Wildman–Crippen MR) is 91.3 cm³/mol. The van der Waals surface area contributed by atoms with Gasteiger partial charge in [-0.2, -0.15) is 0 Å². The highest BCUT2D eigenvalue weighted by atomic mass is 16.3. The Morgan fingerprint density at radius 1 is 1.22 bits per heavy atom. The number of nitrogens with one attached hydrogen (secondary N) is 1. The maximum absolute atomic E-state index is 11.9. The van der Waals surface area contributed by atoms with Gasteiger partial charge in [0.15, 0.2) is 0 Å². The van der Waals surface area contributed by atoms with Crippen molar-refractivity contribution in [1.29, 1.82) is 0 Å². The number of hydrogen-bond donors (Lipinski definition) is 3. The molecule has 23 heavy (non-hydrogen) atoms. The molecule has 4 nitrogen and oxygen atoms in total. The van der Waals surface area contributed by atoms with Crippen LogP contribution >= 0.6 is 0 Å². The van der Waals surface area contributed by atoms with Gasteiger partial charge in [-0.3, -0.25) is 4.79 Å². The number of phenolic OH excluding ortho intramolecular Hbond substituents is 1. The lowest BCUT2D eigenvalue weighted by molar-refractivity contribution is -0.119. The summed E-state index contributed by atoms with van der Waals surface area (Å²) in [7, 11) is 0. The van der Waals surface area contributed by atoms with Crippen LogP contribution in [0.5, 0.6) is 5.75 Å². The van der Waals surface area contributed by atoms with E-state index in [4.69, 9.17) is 0 Å². The van der Waals surface area contributed by atoms with Crippen molar-refractivity contribution in [1.82, 2.24) is 5.32 Å². The van der Waals surface area contributed by atoms with Gasteiger partial charge < -0.3 is 15.5 Å². The first-order chi connectivity index (χ1) is 11.1. The summed E-state index contributed by atoms with van der Waals surface area (Å²) >= 11 is 0. The molecule has 1 saturated carbocycles. The zero-order chi connectivity index (χ0) is 16.7. The van der Waals surface area contributed by atoms with E-state index < -0.39 is 6.10 Å². The molecule has 0 saturated heterocycles. The third kappa shape index (κ3) is 5.96. The maximum Gasteiger partial charge on any atom is 0.134 e. The molecule has 0 spiro atoms. The molecule has 1 aliphatic carbocycles. The van der Waals surface area contributed by atoms with Crippen molar-refractivity contribution in [3.8, 4) is 5.75 Å². The lowest BCUT2D eigenvalue weighted by atomic mass is 9.99. The molecular weight excluding hydrogens is 290 g/mol. The number of carbonyl (C=O) groups is 1. The summed E-state index contributed by atoms with van der Waals surface area (Å²) in [5.74, 6) is 1.27. The van der Waals surface area contributed by atoms with E-state index in [-0.39, 0.29) is 11.8 Å². The number of phenols is 1. The number of hydrogen-bond acceptors (Lipinski definition) is 4. The third-order valence-corrected chi connectivity index (χ3v) is 4.88. The highest BCUT2D eigenvalue weighted by molar-refractivity contribution is 5.78. The number of aliphatic hydroxyl groups excluding tert-OH is 1. The molecule has 4 heteroatoms. The van der Waals surface area contributed by atoms with Crippen molar-refractivity contribution in [2.24, 2.45) is 5.92 Å². The Labute approximate surface area is 138 Å². The van der Waals surface area contributed by atoms with Gasteiger partial charge in [0, 0.05) is 25.4 Å². The topological polar surface area (TPSA) is 69.6 Å². The molecule has 1 aromatic carbocycles. The fourth-order valence-electron chi connectivity index (χ4n) is 3.30. The lowest BCUT2D eigenvalue weighted by Crippen LogP contribution is -2.33. The molecule has 0 amide bonds. The standard InChI is InChI=1S/C19H29NO3/c1-14(19(23)16-7-10-17(21)11-8-16)20-13-12-18(22)9-6-15-4-2-3-5-15/h7-8,10-11,14-15,19-21,23H,2-6,9,12-13H2,1H3. The Morgan fingerprint density at radius 2 is 1.87 bits per heavy atom. The van der Waals surface area contributed by atoms with Gasteiger partial charge in [-0.25, -0.2) is 0 Å². The summed E-state index contributed by atoms with van der Waals surface area (Å²) < 4.78 is 0. The van der Waals surface area contributed by atoms with Crippen molar-refractivity contribution >= 4 is 5.78 Å². The monoisotopic (exact) mass is 319 g/mol. The number of benzene rings is 1. The summed E-state index contributed by atoms with van der Waals surface area (Å²) in [5, 5.41) is 22.8. The fourth-order valence-corrected chi connectivity index (χ4v) is 3.30. The van der Waals surface area contributed by atoms with Crippen LogP contribution in [0.15, 0.2) is 24.3 Å². The minimum Gasteiger partial charge on any atom is -0.508 e. The summed E-state index contributed by atoms with van der Waals surface area (Å²) in [6, 6.07) is 6.42. The fraction of sp³-hybridized carbons (Fsp3) is 0.632. The van der Waals surface area contributed by atoms with E-state index in [2.05, 4.69) is 5.32 Å². The number of ketones is 1. The van der Waals surface area contributed by atoms with Gasteiger partial charge in [-0.1, -0.05) is 37.8 Å². The van der Waals surface area contributed by atoms with Crippen molar-refractivity contribution in [2.45, 2.75) is 64.0 Å². The number of aromatic hydroxyl groups is 1. The zero-order valence-electron chi connectivity index (χ0n) is 14.0. The van der Waals surface area contributed by atoms with Crippen molar-refractivity contribution in [3.63, 3.8) is 0 Å². The van der Waals surface area contributed by atoms with Gasteiger partial charge in [0.25, 0.3) is 0 Å². The van der Waals surface area contributed by atoms with Gasteiger partial charge in [-0.15, -0.1) is 0 Å². The molecular formula is C19H29NO3. The zero-order valence-corrected chi connectivity index (χ0v) is 14.0. The average molecular weight is 319 g/mol. The van der Waals surface area contributed by atoms with E-state index in [9.17, 15) is 15.0 Å². The molecule has 2 rings (SSSR count). The number of rotatable bonds is 9. The van der Waals surface area contributed by atoms with E-state index in [0.29, 0.717) is 25.2 Å². The average Bonchev–Trinajstić information content (AvgIpc) is 3.06. The Kier molecular flexibility index (Phi) is 7.06. The maximum atomic E-state index is 11.9. The van der Waals surface area contributed by atoms with E-state index in [1.165, 1.54) is 25.7 Å². The third-order valence-electron chi connectivity index (χ3n) is 4.88. The quantitative estimate of drug-likeness (QED) is 0.653. The normalized spacial score (nSPS) is 18.0. The van der Waals surface area contributed by atoms with E-state index in [0.717, 1.165) is 17.9 Å². The molecule has 0 aromatic heterocycles. The second-order valence-corrected chi connectivity index (χ2v) is 6.76. The van der Waals surface area contributed by atoms with Crippen molar-refractivity contribution in [2.75, 3.05) is 6.54 Å². The van der Waals surface area contributed by atoms with Crippen LogP contribution in [0, 0.1) is 5.92 Å². The van der Waals surface area contributed by atoms with Crippen LogP contribution in [0.25, 0.3) is 0 Å². The molecule has 1 aromatic rings. The van der Waals surface area contributed by atoms with Gasteiger partial charge in [0.1, 0.15) is 11.5 Å². The van der Waals surface area contributed by atoms with Crippen LogP contribution in [0.1, 0.15) is 63.5 Å². The molecule has 3 N–H and O–H groups in total. The molecule has 0 aliphatic heterocycles. The van der Waals surface area contributed by atoms with E-state index >= 15 is 0 Å². The lowest BCUT2D eigenvalue weighted by Gasteiger charge is -2.20. The van der Waals surface area contributed by atoms with Crippen LogP contribution in [0.4, 0.5) is 0 Å². The van der Waals surface area contributed by atoms with Gasteiger partial charge >= 0.3 is 0 Å². The second-order valence-electron chi connectivity index (χ2n) is 6.76. The first-order valence-electron chi connectivity index (χ1n) is 8.78. The van der Waals surface area contributed by atoms with Crippen LogP contribution in [0.2, 0.25) is 0 Å². The number of carbonyl (C=O) groups excluding carboxylic acids is 1. The van der Waals surface area contributed by atoms with Crippen LogP contribution in [-0.4, -0.2) is 28.6 Å². The second kappa shape index (κ2) is 9.04. The summed E-state index contributed by atoms with van der Waals surface area (Å²) in [6.45, 7) is 2.50. The van der Waals surface area contributed by atoms with Crippen LogP contribution in [-0.2, 0) is 4.79 Å². The minimum atomic E-state index is -0.649. The SMILES string of the molecule is CC(NCCC(=O)CCC1CCCC1)C(O)c1ccc(O)cc1. The smallest absolute Gasteiger partial charge is 0.134 e. The highest BCUT2D eigenvalue weighted by Crippen LogP contribution is 2.28. The van der Waals surface area contributed by atoms with E-state index in [1.807, 2.05) is 6.92 Å². The largest absolute Gasteiger partial charge is 0.508 e. The van der Waals surface area contributed by atoms with Crippen molar-refractivity contribution in [3.05, 3.63) is 29.8 Å². The molecule has 2 atom stereocenters. The van der Waals surface area contributed by atoms with Crippen LogP contribution in [0.3, 0.4) is 0 Å². The van der Waals surface area contributed by atoms with Crippen molar-refractivity contribution < 1.29 is 15.0 Å². The Bertz CT molecular complexity index is 480. The number of Topliss-reactive ketones (excluding diaryl/α,β-unsaturated/α-hetero) is 1. The highest BCUT2D eigenvalue weighted by Gasteiger charge is 2.18. The van der Waals surface area contributed by atoms with Gasteiger partial charge in [0.05, 0.1) is 6.10 Å². The predicted octanol–water partition coefficient (Wildman–Crippen LogP) is 3.33. The summed E-state index contributed by atoms with van der Waals surface area (Å²) in [6.07, 6.45) is 6.86. The molecule has 128 valence electrons. The molecule has 1 aliphatic rings. The summed E-state index contributed by atoms with van der Waals surface area (Å²) in [4.78, 5) is 11.9. The Hall–Kier alpha value is -1.39. The minimum absolute atomic E-state index is 0.137. The Balaban J connectivity index is 1.64.